The van der Waals surface area contributed by atoms with Crippen LogP contribution in [0.3, 0.4) is 0 Å². The zero-order chi connectivity index (χ0) is 7.40. The van der Waals surface area contributed by atoms with Crippen molar-refractivity contribution in [2.24, 2.45) is 5.92 Å². The quantitative estimate of drug-likeness (QED) is 0.653. The van der Waals surface area contributed by atoms with Gasteiger partial charge >= 0.3 is 43.7 Å². The number of hydrogen-bond acceptors (Lipinski definition) is 1. The van der Waals surface area contributed by atoms with Crippen LogP contribution in [0.25, 0.3) is 0 Å². The van der Waals surface area contributed by atoms with E-state index in [9.17, 15) is 4.79 Å². The minimum atomic E-state index is -0.632. The first kappa shape index (κ1) is 11.7. The van der Waals surface area contributed by atoms with Gasteiger partial charge in [-0.05, 0) is 18.8 Å². The van der Waals surface area contributed by atoms with Crippen LogP contribution in [0, 0.1) is 5.92 Å². The Balaban J connectivity index is 0.000001000. The van der Waals surface area contributed by atoms with E-state index in [1.807, 2.05) is 0 Å². The molecule has 1 aliphatic rings. The summed E-state index contributed by atoms with van der Waals surface area (Å²) in [5.74, 6) is -0.154. The van der Waals surface area contributed by atoms with Crippen LogP contribution in [-0.4, -0.2) is 48.8 Å². The third kappa shape index (κ3) is 5.05. The molecule has 1 rings (SSSR count). The van der Waals surface area contributed by atoms with Gasteiger partial charge in [-0.2, -0.15) is 0 Å². The van der Waals surface area contributed by atoms with Gasteiger partial charge < -0.3 is 5.11 Å². The SMILES string of the molecule is O=C(O)CC1CCCCC1.[CaH2]. The first-order valence-corrected chi connectivity index (χ1v) is 4.01. The Labute approximate surface area is 97.4 Å². The van der Waals surface area contributed by atoms with Gasteiger partial charge in [0.25, 0.3) is 0 Å². The Morgan fingerprint density at radius 1 is 1.27 bits per heavy atom. The maximum absolute atomic E-state index is 10.3. The summed E-state index contributed by atoms with van der Waals surface area (Å²) < 4.78 is 0. The van der Waals surface area contributed by atoms with E-state index >= 15 is 0 Å². The van der Waals surface area contributed by atoms with Gasteiger partial charge in [-0.25, -0.2) is 0 Å². The Morgan fingerprint density at radius 3 is 2.27 bits per heavy atom. The molecule has 1 N–H and O–H groups in total. The molecule has 0 aromatic heterocycles. The summed E-state index contributed by atoms with van der Waals surface area (Å²) in [5.41, 5.74) is 0. The molecule has 11 heavy (non-hydrogen) atoms. The van der Waals surface area contributed by atoms with Crippen molar-refractivity contribution in [1.29, 1.82) is 0 Å². The fourth-order valence-corrected chi connectivity index (χ4v) is 1.64. The summed E-state index contributed by atoms with van der Waals surface area (Å²) in [4.78, 5) is 10.3. The summed E-state index contributed by atoms with van der Waals surface area (Å²) in [6.07, 6.45) is 6.42. The van der Waals surface area contributed by atoms with E-state index in [0.29, 0.717) is 12.3 Å². The van der Waals surface area contributed by atoms with Gasteiger partial charge in [0.15, 0.2) is 0 Å². The summed E-state index contributed by atoms with van der Waals surface area (Å²) in [5, 5.41) is 8.47. The molecule has 1 aliphatic carbocycles. The van der Waals surface area contributed by atoms with Gasteiger partial charge in [-0.3, -0.25) is 4.79 Å². The second-order valence-electron chi connectivity index (χ2n) is 3.10. The van der Waals surface area contributed by atoms with Gasteiger partial charge in [-0.1, -0.05) is 19.3 Å². The van der Waals surface area contributed by atoms with Crippen molar-refractivity contribution in [3.8, 4) is 0 Å². The third-order valence-electron chi connectivity index (χ3n) is 2.19. The number of carbonyl (C=O) groups is 1. The molecule has 0 aromatic carbocycles. The standard InChI is InChI=1S/C8H14O2.Ca.2H/c9-8(10)6-7-4-2-1-3-5-7;;;/h7H,1-6H2,(H,9,10);;;. The molecule has 0 amide bonds. The van der Waals surface area contributed by atoms with Crippen molar-refractivity contribution in [1.82, 2.24) is 0 Å². The van der Waals surface area contributed by atoms with Gasteiger partial charge in [0.05, 0.1) is 0 Å². The van der Waals surface area contributed by atoms with E-state index < -0.39 is 5.97 Å². The second kappa shape index (κ2) is 6.27. The van der Waals surface area contributed by atoms with Gasteiger partial charge in [0.1, 0.15) is 0 Å². The average molecular weight is 184 g/mol. The van der Waals surface area contributed by atoms with Crippen LogP contribution in [0.5, 0.6) is 0 Å². The maximum atomic E-state index is 10.3. The molecular weight excluding hydrogens is 168 g/mol. The molecule has 0 heterocycles. The molecule has 62 valence electrons. The molecule has 0 saturated heterocycles. The Morgan fingerprint density at radius 2 is 1.82 bits per heavy atom. The van der Waals surface area contributed by atoms with Crippen LogP contribution in [0.15, 0.2) is 0 Å². The predicted molar refractivity (Wildman–Crippen MR) is 47.4 cm³/mol. The molecule has 0 atom stereocenters. The molecule has 2 nitrogen and oxygen atoms in total. The fraction of sp³-hybridized carbons (Fsp3) is 0.875. The Bertz CT molecular complexity index is 119. The molecular formula is C8H16CaO2. The number of hydrogen-bond donors (Lipinski definition) is 1. The molecule has 0 spiro atoms. The van der Waals surface area contributed by atoms with Crippen molar-refractivity contribution in [2.45, 2.75) is 38.5 Å². The van der Waals surface area contributed by atoms with Crippen LogP contribution in [0.1, 0.15) is 38.5 Å². The van der Waals surface area contributed by atoms with Crippen molar-refractivity contribution < 1.29 is 9.90 Å². The monoisotopic (exact) mass is 184 g/mol. The van der Waals surface area contributed by atoms with E-state index in [1.54, 1.807) is 0 Å². The second-order valence-corrected chi connectivity index (χ2v) is 3.10. The van der Waals surface area contributed by atoms with Crippen LogP contribution in [0.2, 0.25) is 0 Å². The van der Waals surface area contributed by atoms with Gasteiger partial charge in [0.2, 0.25) is 0 Å². The molecule has 0 radical (unpaired) electrons. The Kier molecular flexibility index (Phi) is 6.68. The molecule has 3 heteroatoms. The van der Waals surface area contributed by atoms with E-state index in [2.05, 4.69) is 0 Å². The summed E-state index contributed by atoms with van der Waals surface area (Å²) >= 11 is 0. The van der Waals surface area contributed by atoms with Crippen LogP contribution >= 0.6 is 0 Å². The fourth-order valence-electron chi connectivity index (χ4n) is 1.64. The normalized spacial score (nSPS) is 18.9. The average Bonchev–Trinajstić information content (AvgIpc) is 1.88. The molecule has 1 saturated carbocycles. The molecule has 0 unspecified atom stereocenters. The third-order valence-corrected chi connectivity index (χ3v) is 2.19. The first-order chi connectivity index (χ1) is 4.79. The molecule has 0 aromatic rings. The minimum absolute atomic E-state index is 0. The topological polar surface area (TPSA) is 37.3 Å². The van der Waals surface area contributed by atoms with Crippen LogP contribution in [-0.2, 0) is 4.79 Å². The molecule has 1 fully saturated rings. The van der Waals surface area contributed by atoms with Gasteiger partial charge in [-0.15, -0.1) is 0 Å². The first-order valence-electron chi connectivity index (χ1n) is 4.01. The Hall–Kier alpha value is 0.730. The summed E-state index contributed by atoms with van der Waals surface area (Å²) in [7, 11) is 0. The van der Waals surface area contributed by atoms with E-state index in [0.717, 1.165) is 12.8 Å². The number of carboxylic acid groups (broad SMARTS) is 1. The van der Waals surface area contributed by atoms with Crippen molar-refractivity contribution in [3.05, 3.63) is 0 Å². The van der Waals surface area contributed by atoms with E-state index in [4.69, 9.17) is 5.11 Å². The predicted octanol–water partition coefficient (Wildman–Crippen LogP) is 1.13. The van der Waals surface area contributed by atoms with E-state index in [-0.39, 0.29) is 37.7 Å². The number of carboxylic acids is 1. The molecule has 0 aliphatic heterocycles. The molecule has 0 bridgehead atoms. The number of rotatable bonds is 2. The zero-order valence-corrected chi connectivity index (χ0v) is 6.18. The number of aliphatic carboxylic acids is 1. The van der Waals surface area contributed by atoms with Gasteiger partial charge in [0, 0.05) is 6.42 Å². The zero-order valence-electron chi connectivity index (χ0n) is 6.18. The van der Waals surface area contributed by atoms with E-state index in [1.165, 1.54) is 19.3 Å². The van der Waals surface area contributed by atoms with Crippen LogP contribution in [0.4, 0.5) is 0 Å². The van der Waals surface area contributed by atoms with Crippen molar-refractivity contribution in [2.75, 3.05) is 0 Å². The van der Waals surface area contributed by atoms with Crippen molar-refractivity contribution in [3.63, 3.8) is 0 Å². The van der Waals surface area contributed by atoms with Crippen molar-refractivity contribution >= 4 is 43.7 Å². The summed E-state index contributed by atoms with van der Waals surface area (Å²) in [6.45, 7) is 0. The summed E-state index contributed by atoms with van der Waals surface area (Å²) in [6, 6.07) is 0. The van der Waals surface area contributed by atoms with Crippen LogP contribution < -0.4 is 0 Å².